The number of nitrogens with one attached hydrogen (secondary N) is 1. The molecule has 1 aliphatic heterocycles. The van der Waals surface area contributed by atoms with Gasteiger partial charge in [-0.2, -0.15) is 0 Å². The number of nitrogens with two attached hydrogens (primary N) is 1. The van der Waals surface area contributed by atoms with Gasteiger partial charge in [0.05, 0.1) is 0 Å². The quantitative estimate of drug-likeness (QED) is 0.651. The summed E-state index contributed by atoms with van der Waals surface area (Å²) in [6.07, 6.45) is 3.44. The van der Waals surface area contributed by atoms with Gasteiger partial charge in [0, 0.05) is 18.8 Å². The van der Waals surface area contributed by atoms with Crippen LogP contribution in [0.4, 0.5) is 10.1 Å². The Hall–Kier alpha value is -2.11. The number of guanidine groups is 1. The van der Waals surface area contributed by atoms with E-state index in [1.807, 2.05) is 4.90 Å². The van der Waals surface area contributed by atoms with Gasteiger partial charge in [-0.1, -0.05) is 0 Å². The van der Waals surface area contributed by atoms with Crippen LogP contribution in [0.15, 0.2) is 29.3 Å². The number of amides is 1. The third kappa shape index (κ3) is 4.22. The summed E-state index contributed by atoms with van der Waals surface area (Å²) in [6.45, 7) is 1.77. The van der Waals surface area contributed by atoms with Crippen LogP contribution in [0.5, 0.6) is 0 Å². The summed E-state index contributed by atoms with van der Waals surface area (Å²) in [6, 6.07) is 5.60. The van der Waals surface area contributed by atoms with Crippen molar-refractivity contribution in [2.75, 3.05) is 25.0 Å². The van der Waals surface area contributed by atoms with Gasteiger partial charge < -0.3 is 16.0 Å². The lowest BCUT2D eigenvalue weighted by Crippen LogP contribution is -2.41. The smallest absolute Gasteiger partial charge is 0.246 e. The maximum absolute atomic E-state index is 12.7. The Kier molecular flexibility index (Phi) is 4.92. The van der Waals surface area contributed by atoms with Gasteiger partial charge in [-0.25, -0.2) is 9.38 Å². The van der Waals surface area contributed by atoms with Crippen molar-refractivity contribution in [3.05, 3.63) is 30.1 Å². The second kappa shape index (κ2) is 6.88. The molecule has 0 bridgehead atoms. The summed E-state index contributed by atoms with van der Waals surface area (Å²) in [4.78, 5) is 17.8. The number of anilines is 1. The van der Waals surface area contributed by atoms with Crippen LogP contribution in [0.25, 0.3) is 0 Å². The molecule has 1 fully saturated rings. The highest BCUT2D eigenvalue weighted by atomic mass is 19.1. The Morgan fingerprint density at radius 2 is 1.90 bits per heavy atom. The molecule has 1 saturated heterocycles. The first kappa shape index (κ1) is 14.3. The molecule has 1 aromatic rings. The van der Waals surface area contributed by atoms with Crippen LogP contribution in [0, 0.1) is 5.82 Å². The van der Waals surface area contributed by atoms with Gasteiger partial charge in [0.2, 0.25) is 5.91 Å². The van der Waals surface area contributed by atoms with E-state index < -0.39 is 0 Å². The van der Waals surface area contributed by atoms with Crippen molar-refractivity contribution in [3.8, 4) is 0 Å². The second-order valence-corrected chi connectivity index (χ2v) is 4.78. The normalized spacial score (nSPS) is 16.1. The summed E-state index contributed by atoms with van der Waals surface area (Å²) in [7, 11) is 0. The average Bonchev–Trinajstić information content (AvgIpc) is 2.48. The maximum atomic E-state index is 12.7. The van der Waals surface area contributed by atoms with Crippen LogP contribution >= 0.6 is 0 Å². The molecule has 0 saturated carbocycles. The number of carbonyl (C=O) groups excluding carboxylic acids is 1. The van der Waals surface area contributed by atoms with Crippen LogP contribution < -0.4 is 11.1 Å². The Balaban J connectivity index is 1.83. The number of hydrogen-bond donors (Lipinski definition) is 2. The van der Waals surface area contributed by atoms with E-state index in [4.69, 9.17) is 5.73 Å². The summed E-state index contributed by atoms with van der Waals surface area (Å²) >= 11 is 0. The third-order valence-corrected chi connectivity index (χ3v) is 3.19. The van der Waals surface area contributed by atoms with Gasteiger partial charge in [0.1, 0.15) is 12.4 Å². The number of piperidine rings is 1. The largest absolute Gasteiger partial charge is 0.370 e. The van der Waals surface area contributed by atoms with Crippen molar-refractivity contribution >= 4 is 17.6 Å². The topological polar surface area (TPSA) is 70.7 Å². The predicted octanol–water partition coefficient (Wildman–Crippen LogP) is 1.56. The van der Waals surface area contributed by atoms with Gasteiger partial charge in [-0.15, -0.1) is 0 Å². The predicted molar refractivity (Wildman–Crippen MR) is 76.9 cm³/mol. The first-order valence-corrected chi connectivity index (χ1v) is 6.75. The fraction of sp³-hybridized carbons (Fsp3) is 0.429. The Morgan fingerprint density at radius 1 is 1.25 bits per heavy atom. The number of benzene rings is 1. The number of hydrogen-bond acceptors (Lipinski definition) is 2. The van der Waals surface area contributed by atoms with E-state index in [9.17, 15) is 9.18 Å². The van der Waals surface area contributed by atoms with E-state index in [-0.39, 0.29) is 18.3 Å². The molecule has 6 heteroatoms. The van der Waals surface area contributed by atoms with E-state index in [0.717, 1.165) is 25.9 Å². The lowest BCUT2D eigenvalue weighted by Gasteiger charge is -2.27. The first-order valence-electron chi connectivity index (χ1n) is 6.75. The molecule has 108 valence electrons. The van der Waals surface area contributed by atoms with Crippen LogP contribution in [0.2, 0.25) is 0 Å². The summed E-state index contributed by atoms with van der Waals surface area (Å²) in [5.74, 6) is -0.189. The zero-order valence-corrected chi connectivity index (χ0v) is 11.3. The van der Waals surface area contributed by atoms with Gasteiger partial charge in [-0.3, -0.25) is 4.79 Å². The average molecular weight is 278 g/mol. The van der Waals surface area contributed by atoms with Crippen molar-refractivity contribution in [2.24, 2.45) is 10.7 Å². The molecule has 0 unspecified atom stereocenters. The summed E-state index contributed by atoms with van der Waals surface area (Å²) in [5.41, 5.74) is 6.40. The number of halogens is 1. The molecule has 1 heterocycles. The third-order valence-electron chi connectivity index (χ3n) is 3.19. The van der Waals surface area contributed by atoms with E-state index in [2.05, 4.69) is 10.3 Å². The molecule has 1 aliphatic rings. The van der Waals surface area contributed by atoms with Crippen LogP contribution in [-0.2, 0) is 4.79 Å². The fourth-order valence-electron chi connectivity index (χ4n) is 2.11. The van der Waals surface area contributed by atoms with E-state index in [1.54, 1.807) is 0 Å². The highest BCUT2D eigenvalue weighted by molar-refractivity contribution is 5.93. The molecule has 0 atom stereocenters. The van der Waals surface area contributed by atoms with Crippen molar-refractivity contribution in [2.45, 2.75) is 19.3 Å². The highest BCUT2D eigenvalue weighted by Gasteiger charge is 2.12. The van der Waals surface area contributed by atoms with Crippen molar-refractivity contribution < 1.29 is 9.18 Å². The molecular formula is C14H19FN4O. The van der Waals surface area contributed by atoms with Crippen molar-refractivity contribution in [3.63, 3.8) is 0 Å². The SMILES string of the molecule is NC(=NCC(=O)Nc1ccc(F)cc1)N1CCCCC1. The van der Waals surface area contributed by atoms with Crippen LogP contribution in [0.1, 0.15) is 19.3 Å². The minimum atomic E-state index is -0.338. The lowest BCUT2D eigenvalue weighted by atomic mass is 10.1. The maximum Gasteiger partial charge on any atom is 0.246 e. The molecule has 1 aromatic carbocycles. The standard InChI is InChI=1S/C14H19FN4O/c15-11-4-6-12(7-5-11)18-13(20)10-17-14(16)19-8-2-1-3-9-19/h4-7H,1-3,8-10H2,(H2,16,17)(H,18,20). The van der Waals surface area contributed by atoms with Gasteiger partial charge in [-0.05, 0) is 43.5 Å². The molecule has 3 N–H and O–H groups in total. The second-order valence-electron chi connectivity index (χ2n) is 4.78. The molecular weight excluding hydrogens is 259 g/mol. The molecule has 0 radical (unpaired) electrons. The monoisotopic (exact) mass is 278 g/mol. The molecule has 5 nitrogen and oxygen atoms in total. The number of aliphatic imine (C=N–C) groups is 1. The Bertz CT molecular complexity index is 480. The molecule has 2 rings (SSSR count). The molecule has 0 aliphatic carbocycles. The van der Waals surface area contributed by atoms with E-state index in [0.29, 0.717) is 11.6 Å². The van der Waals surface area contributed by atoms with Gasteiger partial charge in [0.15, 0.2) is 5.96 Å². The number of nitrogens with zero attached hydrogens (tertiary/aromatic N) is 2. The molecule has 1 amide bonds. The van der Waals surface area contributed by atoms with Gasteiger partial charge in [0.25, 0.3) is 0 Å². The summed E-state index contributed by atoms with van der Waals surface area (Å²) < 4.78 is 12.7. The number of rotatable bonds is 3. The first-order chi connectivity index (χ1) is 9.65. The Labute approximate surface area is 117 Å². The van der Waals surface area contributed by atoms with Gasteiger partial charge >= 0.3 is 0 Å². The molecule has 20 heavy (non-hydrogen) atoms. The minimum Gasteiger partial charge on any atom is -0.370 e. The number of likely N-dealkylation sites (tertiary alicyclic amines) is 1. The number of carbonyl (C=O) groups is 1. The van der Waals surface area contributed by atoms with E-state index >= 15 is 0 Å². The van der Waals surface area contributed by atoms with E-state index in [1.165, 1.54) is 30.7 Å². The zero-order valence-electron chi connectivity index (χ0n) is 11.3. The molecule has 0 spiro atoms. The highest BCUT2D eigenvalue weighted by Crippen LogP contribution is 2.09. The molecule has 0 aromatic heterocycles. The van der Waals surface area contributed by atoms with Crippen molar-refractivity contribution in [1.29, 1.82) is 0 Å². The Morgan fingerprint density at radius 3 is 2.55 bits per heavy atom. The zero-order chi connectivity index (χ0) is 14.4. The van der Waals surface area contributed by atoms with Crippen LogP contribution in [0.3, 0.4) is 0 Å². The minimum absolute atomic E-state index is 0.0281. The summed E-state index contributed by atoms with van der Waals surface area (Å²) in [5, 5.41) is 2.64. The van der Waals surface area contributed by atoms with Crippen LogP contribution in [-0.4, -0.2) is 36.4 Å². The van der Waals surface area contributed by atoms with Crippen molar-refractivity contribution in [1.82, 2.24) is 4.90 Å². The fourth-order valence-corrected chi connectivity index (χ4v) is 2.11. The lowest BCUT2D eigenvalue weighted by molar-refractivity contribution is -0.114.